The van der Waals surface area contributed by atoms with E-state index in [0.29, 0.717) is 66.4 Å². The maximum atomic E-state index is 11.2. The quantitative estimate of drug-likeness (QED) is 0.117. The molecule has 1 aliphatic heterocycles. The second-order valence-electron chi connectivity index (χ2n) is 16.3. The van der Waals surface area contributed by atoms with Gasteiger partial charge in [-0.3, -0.25) is 14.6 Å². The van der Waals surface area contributed by atoms with Crippen molar-refractivity contribution in [3.05, 3.63) is 89.1 Å². The Hall–Kier alpha value is -5.78. The minimum Gasteiger partial charge on any atom is -0.496 e. The number of aromatic nitrogens is 3. The molecule has 0 radical (unpaired) electrons. The van der Waals surface area contributed by atoms with Gasteiger partial charge in [0, 0.05) is 61.3 Å². The lowest BCUT2D eigenvalue weighted by molar-refractivity contribution is -0.138. The van der Waals surface area contributed by atoms with E-state index in [1.54, 1.807) is 14.2 Å². The van der Waals surface area contributed by atoms with Crippen LogP contribution < -0.4 is 9.47 Å². The molecule has 2 aromatic heterocycles. The number of oxazole rings is 1. The second-order valence-corrected chi connectivity index (χ2v) is 16.3. The van der Waals surface area contributed by atoms with Crippen LogP contribution >= 0.6 is 0 Å². The summed E-state index contributed by atoms with van der Waals surface area (Å²) in [6.45, 7) is 4.16. The molecule has 1 saturated carbocycles. The molecule has 3 heterocycles. The van der Waals surface area contributed by atoms with Crippen LogP contribution in [0.15, 0.2) is 71.3 Å². The van der Waals surface area contributed by atoms with E-state index in [-0.39, 0.29) is 18.4 Å². The fraction of sp³-hybridized carbons (Fsp3) is 0.404. The molecular weight excluding hydrogens is 761 g/mol. The Labute approximate surface area is 349 Å². The maximum absolute atomic E-state index is 11.2. The van der Waals surface area contributed by atoms with Gasteiger partial charge in [-0.2, -0.15) is 10.4 Å². The first-order valence-corrected chi connectivity index (χ1v) is 20.6. The highest BCUT2D eigenvalue weighted by molar-refractivity contribution is 5.97. The van der Waals surface area contributed by atoms with Crippen molar-refractivity contribution in [2.24, 2.45) is 5.92 Å². The number of aliphatic hydroxyl groups is 1. The van der Waals surface area contributed by atoms with E-state index >= 15 is 0 Å². The molecule has 60 heavy (non-hydrogen) atoms. The molecule has 0 bridgehead atoms. The standard InChI is InChI=1S/C47H52N6O7/c1-28-34(8-6-9-35(28)47-50-39-19-30(18-31(23-48)46(39)60-47)25-51(2)32-14-12-29(13-15-32)20-45(55)56)36-10-7-11-40-37(36)24-49-53(40)33-21-43(57-4)38(44(22-33)58-5)26-52(3)41-16-17-59-27-42(41)54/h6-11,18-19,21-22,24,29,32,41-42,54H,12-17,20,25-27H2,1-5H3,(H,55,56)/t29?,32?,41-,42+/m1/s1. The number of aliphatic carboxylic acids is 1. The number of ether oxygens (including phenoxy) is 3. The normalized spacial score (nSPS) is 19.6. The molecule has 2 aliphatic rings. The predicted octanol–water partition coefficient (Wildman–Crippen LogP) is 7.74. The number of hydrogen-bond donors (Lipinski definition) is 2. The highest BCUT2D eigenvalue weighted by Crippen LogP contribution is 2.39. The third kappa shape index (κ3) is 8.08. The second kappa shape index (κ2) is 17.4. The molecule has 0 spiro atoms. The largest absolute Gasteiger partial charge is 0.496 e. The van der Waals surface area contributed by atoms with Crippen LogP contribution in [0.3, 0.4) is 0 Å². The maximum Gasteiger partial charge on any atom is 0.303 e. The number of nitrogens with zero attached hydrogens (tertiary/aromatic N) is 6. The summed E-state index contributed by atoms with van der Waals surface area (Å²) >= 11 is 0. The fourth-order valence-electron chi connectivity index (χ4n) is 9.33. The molecule has 13 nitrogen and oxygen atoms in total. The van der Waals surface area contributed by atoms with Crippen molar-refractivity contribution in [1.29, 1.82) is 5.26 Å². The smallest absolute Gasteiger partial charge is 0.303 e. The molecule has 312 valence electrons. The van der Waals surface area contributed by atoms with Crippen molar-refractivity contribution >= 4 is 28.0 Å². The Kier molecular flexibility index (Phi) is 11.9. The van der Waals surface area contributed by atoms with E-state index in [1.807, 2.05) is 66.5 Å². The van der Waals surface area contributed by atoms with Gasteiger partial charge in [0.25, 0.3) is 0 Å². The zero-order valence-corrected chi connectivity index (χ0v) is 34.9. The van der Waals surface area contributed by atoms with Gasteiger partial charge in [0.15, 0.2) is 5.58 Å². The van der Waals surface area contributed by atoms with Gasteiger partial charge < -0.3 is 28.8 Å². The molecule has 13 heteroatoms. The van der Waals surface area contributed by atoms with Crippen LogP contribution in [0.2, 0.25) is 0 Å². The Morgan fingerprint density at radius 3 is 2.37 bits per heavy atom. The fourth-order valence-corrected chi connectivity index (χ4v) is 9.33. The summed E-state index contributed by atoms with van der Waals surface area (Å²) in [6.07, 6.45) is 6.02. The average molecular weight is 813 g/mol. The summed E-state index contributed by atoms with van der Waals surface area (Å²) in [7, 11) is 7.39. The summed E-state index contributed by atoms with van der Waals surface area (Å²) in [5, 5.41) is 35.8. The first-order chi connectivity index (χ1) is 29.1. The van der Waals surface area contributed by atoms with Gasteiger partial charge in [-0.15, -0.1) is 0 Å². The van der Waals surface area contributed by atoms with Gasteiger partial charge in [-0.05, 0) is 106 Å². The zero-order valence-electron chi connectivity index (χ0n) is 34.9. The minimum absolute atomic E-state index is 0.0398. The third-order valence-corrected chi connectivity index (χ3v) is 12.6. The lowest BCUT2D eigenvalue weighted by Gasteiger charge is -2.35. The Morgan fingerprint density at radius 1 is 0.950 bits per heavy atom. The monoisotopic (exact) mass is 812 g/mol. The van der Waals surface area contributed by atoms with Crippen LogP contribution in [0.1, 0.15) is 60.8 Å². The van der Waals surface area contributed by atoms with Gasteiger partial charge >= 0.3 is 5.97 Å². The highest BCUT2D eigenvalue weighted by Gasteiger charge is 2.30. The summed E-state index contributed by atoms with van der Waals surface area (Å²) in [6, 6.07) is 22.7. The number of hydrogen-bond acceptors (Lipinski definition) is 11. The number of methoxy groups -OCH3 is 2. The van der Waals surface area contributed by atoms with Gasteiger partial charge in [-0.25, -0.2) is 9.67 Å². The third-order valence-electron chi connectivity index (χ3n) is 12.6. The molecule has 2 atom stereocenters. The molecule has 0 amide bonds. The summed E-state index contributed by atoms with van der Waals surface area (Å²) in [5.74, 6) is 1.29. The van der Waals surface area contributed by atoms with Gasteiger partial charge in [-0.1, -0.05) is 24.3 Å². The van der Waals surface area contributed by atoms with Gasteiger partial charge in [0.1, 0.15) is 23.1 Å². The van der Waals surface area contributed by atoms with E-state index < -0.39 is 12.1 Å². The Bertz CT molecular complexity index is 2540. The molecule has 8 rings (SSSR count). The number of nitriles is 1. The van der Waals surface area contributed by atoms with Crippen LogP contribution in [0.25, 0.3) is 50.3 Å². The van der Waals surface area contributed by atoms with Crippen LogP contribution in [-0.2, 0) is 22.6 Å². The zero-order chi connectivity index (χ0) is 42.1. The van der Waals surface area contributed by atoms with Crippen molar-refractivity contribution in [3.8, 4) is 45.8 Å². The van der Waals surface area contributed by atoms with Crippen LogP contribution in [-0.4, -0.2) is 100 Å². The first kappa shape index (κ1) is 41.0. The number of carbonyl (C=O) groups is 1. The van der Waals surface area contributed by atoms with E-state index in [4.69, 9.17) is 28.7 Å². The number of fused-ring (bicyclic) bond motifs is 2. The van der Waals surface area contributed by atoms with Crippen LogP contribution in [0.5, 0.6) is 11.5 Å². The van der Waals surface area contributed by atoms with Crippen molar-refractivity contribution < 1.29 is 33.6 Å². The number of carboxylic acids is 1. The first-order valence-electron chi connectivity index (χ1n) is 20.6. The van der Waals surface area contributed by atoms with Gasteiger partial charge in [0.05, 0.1) is 55.5 Å². The topological polar surface area (TPSA) is 159 Å². The molecular formula is C47H52N6O7. The summed E-state index contributed by atoms with van der Waals surface area (Å²) in [4.78, 5) is 20.6. The van der Waals surface area contributed by atoms with Crippen molar-refractivity contribution in [2.45, 2.75) is 76.7 Å². The lowest BCUT2D eigenvalue weighted by Crippen LogP contribution is -2.47. The minimum atomic E-state index is -0.724. The SMILES string of the molecule is COc1cc(-n2ncc3c(-c4cccc(-c5nc6cc(CN(C)C7CCC(CC(=O)O)CC7)cc(C#N)c6o5)c4C)cccc32)cc(OC)c1CN(C)[C@@H]1CCOC[C@@H]1O. The number of benzene rings is 4. The van der Waals surface area contributed by atoms with Crippen molar-refractivity contribution in [3.63, 3.8) is 0 Å². The van der Waals surface area contributed by atoms with Crippen molar-refractivity contribution in [2.75, 3.05) is 41.5 Å². The molecule has 2 fully saturated rings. The Morgan fingerprint density at radius 2 is 1.67 bits per heavy atom. The molecule has 1 aliphatic carbocycles. The van der Waals surface area contributed by atoms with Crippen molar-refractivity contribution in [1.82, 2.24) is 24.6 Å². The summed E-state index contributed by atoms with van der Waals surface area (Å²) in [5.41, 5.74) is 8.91. The number of carboxylic acid groups (broad SMARTS) is 1. The summed E-state index contributed by atoms with van der Waals surface area (Å²) < 4.78 is 25.6. The average Bonchev–Trinajstić information content (AvgIpc) is 3.89. The molecule has 2 N–H and O–H groups in total. The van der Waals surface area contributed by atoms with Gasteiger partial charge in [0.2, 0.25) is 5.89 Å². The highest BCUT2D eigenvalue weighted by atomic mass is 16.5. The molecule has 0 unspecified atom stereocenters. The Balaban J connectivity index is 1.07. The molecule has 1 saturated heterocycles. The molecule has 6 aromatic rings. The number of aliphatic hydroxyl groups excluding tert-OH is 1. The van der Waals surface area contributed by atoms with E-state index in [9.17, 15) is 20.3 Å². The predicted molar refractivity (Wildman–Crippen MR) is 228 cm³/mol. The lowest BCUT2D eigenvalue weighted by atomic mass is 9.83. The van der Waals surface area contributed by atoms with Crippen LogP contribution in [0, 0.1) is 24.2 Å². The number of likely N-dealkylation sites (N-methyl/N-ethyl adjacent to an activating group) is 1. The van der Waals surface area contributed by atoms with Crippen LogP contribution in [0.4, 0.5) is 0 Å². The van der Waals surface area contributed by atoms with E-state index in [1.165, 1.54) is 0 Å². The van der Waals surface area contributed by atoms with E-state index in [0.717, 1.165) is 82.1 Å². The van der Waals surface area contributed by atoms with E-state index in [2.05, 4.69) is 42.0 Å². The number of rotatable bonds is 13. The molecule has 4 aromatic carbocycles.